The summed E-state index contributed by atoms with van der Waals surface area (Å²) in [6.45, 7) is 0. The molecule has 0 aromatic heterocycles. The van der Waals surface area contributed by atoms with Crippen LogP contribution in [0.5, 0.6) is 0 Å². The molecule has 0 fully saturated rings. The van der Waals surface area contributed by atoms with Crippen molar-refractivity contribution in [1.82, 2.24) is 0 Å². The Labute approximate surface area is 130 Å². The van der Waals surface area contributed by atoms with Gasteiger partial charge in [0.2, 0.25) is 5.91 Å². The highest BCUT2D eigenvalue weighted by atomic mass is 79.9. The van der Waals surface area contributed by atoms with E-state index in [4.69, 9.17) is 23.7 Å². The second kappa shape index (κ2) is 6.02. The third-order valence-electron chi connectivity index (χ3n) is 2.70. The van der Waals surface area contributed by atoms with Gasteiger partial charge in [0, 0.05) is 21.3 Å². The molecule has 0 aliphatic heterocycles. The first kappa shape index (κ1) is 14.5. The number of hydrogen-bond donors (Lipinski definition) is 3. The van der Waals surface area contributed by atoms with Crippen molar-refractivity contribution in [3.63, 3.8) is 0 Å². The number of anilines is 2. The van der Waals surface area contributed by atoms with Crippen LogP contribution in [0, 0.1) is 0 Å². The summed E-state index contributed by atoms with van der Waals surface area (Å²) in [6.07, 6.45) is 0. The van der Waals surface area contributed by atoms with Crippen LogP contribution in [0.15, 0.2) is 46.9 Å². The third kappa shape index (κ3) is 3.34. The van der Waals surface area contributed by atoms with E-state index in [1.165, 1.54) is 0 Å². The summed E-state index contributed by atoms with van der Waals surface area (Å²) in [7, 11) is 0. The van der Waals surface area contributed by atoms with Gasteiger partial charge in [-0.1, -0.05) is 12.2 Å². The third-order valence-corrected chi connectivity index (χ3v) is 3.59. The molecule has 2 rings (SSSR count). The van der Waals surface area contributed by atoms with Crippen LogP contribution in [0.2, 0.25) is 0 Å². The molecule has 6 heteroatoms. The predicted molar refractivity (Wildman–Crippen MR) is 88.3 cm³/mol. The number of thiocarbonyl (C=S) groups is 1. The van der Waals surface area contributed by atoms with Crippen molar-refractivity contribution < 1.29 is 4.79 Å². The second-order valence-electron chi connectivity index (χ2n) is 4.13. The van der Waals surface area contributed by atoms with Crippen LogP contribution in [0.4, 0.5) is 11.4 Å². The fraction of sp³-hybridized carbons (Fsp3) is 0. The normalized spacial score (nSPS) is 10.1. The van der Waals surface area contributed by atoms with E-state index in [0.717, 1.165) is 21.4 Å². The number of nitrogens with two attached hydrogens (primary N) is 2. The molecule has 2 aromatic rings. The smallest absolute Gasteiger partial charge is 0.248 e. The van der Waals surface area contributed by atoms with Crippen LogP contribution in [-0.2, 0) is 0 Å². The summed E-state index contributed by atoms with van der Waals surface area (Å²) >= 11 is 8.38. The minimum absolute atomic E-state index is 0.350. The van der Waals surface area contributed by atoms with E-state index in [0.29, 0.717) is 10.6 Å². The molecule has 1 amide bonds. The van der Waals surface area contributed by atoms with E-state index in [2.05, 4.69) is 21.2 Å². The molecule has 20 heavy (non-hydrogen) atoms. The van der Waals surface area contributed by atoms with Gasteiger partial charge in [-0.2, -0.15) is 0 Å². The molecule has 0 spiro atoms. The average Bonchev–Trinajstić information content (AvgIpc) is 2.41. The van der Waals surface area contributed by atoms with Crippen LogP contribution in [-0.4, -0.2) is 10.9 Å². The van der Waals surface area contributed by atoms with Gasteiger partial charge < -0.3 is 16.8 Å². The molecule has 0 unspecified atom stereocenters. The first-order valence-corrected chi connectivity index (χ1v) is 6.94. The Balaban J connectivity index is 2.21. The van der Waals surface area contributed by atoms with Crippen molar-refractivity contribution in [2.24, 2.45) is 11.5 Å². The first-order chi connectivity index (χ1) is 9.47. The molecule has 0 atom stereocenters. The lowest BCUT2D eigenvalue weighted by molar-refractivity contribution is 0.100. The minimum atomic E-state index is -0.446. The Morgan fingerprint density at radius 1 is 1.05 bits per heavy atom. The standard InChI is InChI=1S/C14H12BrN3OS/c15-11-7-9(14(17)20)3-6-12(11)18-10-4-1-8(2-5-10)13(16)19/h1-7,18H,(H2,16,19)(H2,17,20). The van der Waals surface area contributed by atoms with Crippen molar-refractivity contribution in [2.75, 3.05) is 5.32 Å². The van der Waals surface area contributed by atoms with E-state index in [1.54, 1.807) is 24.3 Å². The lowest BCUT2D eigenvalue weighted by Crippen LogP contribution is -2.10. The number of carbonyl (C=O) groups excluding carboxylic acids is 1. The molecule has 4 nitrogen and oxygen atoms in total. The Bertz CT molecular complexity index is 671. The lowest BCUT2D eigenvalue weighted by Gasteiger charge is -2.10. The number of benzene rings is 2. The number of rotatable bonds is 4. The maximum Gasteiger partial charge on any atom is 0.248 e. The Hall–Kier alpha value is -1.92. The molecule has 0 radical (unpaired) electrons. The van der Waals surface area contributed by atoms with E-state index < -0.39 is 5.91 Å². The zero-order valence-corrected chi connectivity index (χ0v) is 12.8. The SMILES string of the molecule is NC(=O)c1ccc(Nc2ccc(C(N)=S)cc2Br)cc1. The van der Waals surface area contributed by atoms with Crippen molar-refractivity contribution in [1.29, 1.82) is 0 Å². The molecule has 2 aromatic carbocycles. The van der Waals surface area contributed by atoms with Gasteiger partial charge in [-0.3, -0.25) is 4.79 Å². The van der Waals surface area contributed by atoms with Crippen molar-refractivity contribution in [3.8, 4) is 0 Å². The molecule has 102 valence electrons. The molecule has 5 N–H and O–H groups in total. The predicted octanol–water partition coefficient (Wildman–Crippen LogP) is 2.93. The van der Waals surface area contributed by atoms with Gasteiger partial charge in [0.05, 0.1) is 5.69 Å². The number of primary amides is 1. The molecular weight excluding hydrogens is 338 g/mol. The number of amides is 1. The van der Waals surface area contributed by atoms with Crippen LogP contribution in [0.3, 0.4) is 0 Å². The minimum Gasteiger partial charge on any atom is -0.389 e. The first-order valence-electron chi connectivity index (χ1n) is 5.73. The quantitative estimate of drug-likeness (QED) is 0.741. The Kier molecular flexibility index (Phi) is 4.36. The van der Waals surface area contributed by atoms with Gasteiger partial charge in [0.25, 0.3) is 0 Å². The number of nitrogens with one attached hydrogen (secondary N) is 1. The molecule has 0 aliphatic carbocycles. The summed E-state index contributed by atoms with van der Waals surface area (Å²) < 4.78 is 0.849. The van der Waals surface area contributed by atoms with E-state index in [9.17, 15) is 4.79 Å². The van der Waals surface area contributed by atoms with Crippen LogP contribution < -0.4 is 16.8 Å². The molecule has 0 bridgehead atoms. The number of hydrogen-bond acceptors (Lipinski definition) is 3. The topological polar surface area (TPSA) is 81.1 Å². The zero-order chi connectivity index (χ0) is 14.7. The maximum absolute atomic E-state index is 11.0. The highest BCUT2D eigenvalue weighted by molar-refractivity contribution is 9.10. The average molecular weight is 350 g/mol. The van der Waals surface area contributed by atoms with Crippen LogP contribution in [0.25, 0.3) is 0 Å². The fourth-order valence-corrected chi connectivity index (χ4v) is 2.25. The van der Waals surface area contributed by atoms with Crippen LogP contribution >= 0.6 is 28.1 Å². The lowest BCUT2D eigenvalue weighted by atomic mass is 10.1. The van der Waals surface area contributed by atoms with Gasteiger partial charge in [-0.15, -0.1) is 0 Å². The summed E-state index contributed by atoms with van der Waals surface area (Å²) in [5.41, 5.74) is 13.8. The second-order valence-corrected chi connectivity index (χ2v) is 5.42. The zero-order valence-electron chi connectivity index (χ0n) is 10.4. The number of halogens is 1. The van der Waals surface area contributed by atoms with E-state index >= 15 is 0 Å². The maximum atomic E-state index is 11.0. The summed E-state index contributed by atoms with van der Waals surface area (Å²) in [4.78, 5) is 11.3. The van der Waals surface area contributed by atoms with E-state index in [1.807, 2.05) is 18.2 Å². The summed E-state index contributed by atoms with van der Waals surface area (Å²) in [6, 6.07) is 12.5. The van der Waals surface area contributed by atoms with Crippen molar-refractivity contribution in [2.45, 2.75) is 0 Å². The van der Waals surface area contributed by atoms with Gasteiger partial charge in [0.1, 0.15) is 4.99 Å². The molecular formula is C14H12BrN3OS. The molecule has 0 saturated heterocycles. The van der Waals surface area contributed by atoms with Crippen molar-refractivity contribution >= 4 is 50.4 Å². The fourth-order valence-electron chi connectivity index (χ4n) is 1.64. The monoisotopic (exact) mass is 349 g/mol. The molecule has 0 aliphatic rings. The summed E-state index contributed by atoms with van der Waals surface area (Å²) in [5, 5.41) is 3.22. The van der Waals surface area contributed by atoms with Gasteiger partial charge in [-0.05, 0) is 58.4 Å². The highest BCUT2D eigenvalue weighted by Crippen LogP contribution is 2.27. The molecule has 0 heterocycles. The number of carbonyl (C=O) groups is 1. The largest absolute Gasteiger partial charge is 0.389 e. The summed E-state index contributed by atoms with van der Waals surface area (Å²) in [5.74, 6) is -0.446. The highest BCUT2D eigenvalue weighted by Gasteiger charge is 2.05. The molecule has 0 saturated carbocycles. The van der Waals surface area contributed by atoms with Gasteiger partial charge in [0.15, 0.2) is 0 Å². The van der Waals surface area contributed by atoms with Crippen molar-refractivity contribution in [3.05, 3.63) is 58.1 Å². The van der Waals surface area contributed by atoms with Crippen LogP contribution in [0.1, 0.15) is 15.9 Å². The Morgan fingerprint density at radius 3 is 2.15 bits per heavy atom. The van der Waals surface area contributed by atoms with Gasteiger partial charge in [-0.25, -0.2) is 0 Å². The Morgan fingerprint density at radius 2 is 1.65 bits per heavy atom. The van der Waals surface area contributed by atoms with E-state index in [-0.39, 0.29) is 0 Å². The van der Waals surface area contributed by atoms with Gasteiger partial charge >= 0.3 is 0 Å².